The number of aromatic nitrogens is 2. The molecule has 1 fully saturated rings. The molecular formula is C21H21F3N4O. The number of fused-ring (bicyclic) bond motifs is 1. The minimum Gasteiger partial charge on any atom is -0.393 e. The number of anilines is 3. The molecule has 0 bridgehead atoms. The fourth-order valence-corrected chi connectivity index (χ4v) is 3.63. The Bertz CT molecular complexity index is 995. The minimum absolute atomic E-state index is 0.0905. The highest BCUT2D eigenvalue weighted by molar-refractivity contribution is 5.94. The van der Waals surface area contributed by atoms with Gasteiger partial charge in [0.15, 0.2) is 0 Å². The lowest BCUT2D eigenvalue weighted by Gasteiger charge is -2.27. The van der Waals surface area contributed by atoms with Crippen LogP contribution in [0.15, 0.2) is 48.7 Å². The molecule has 0 unspecified atom stereocenters. The van der Waals surface area contributed by atoms with Crippen LogP contribution in [-0.2, 0) is 6.18 Å². The van der Waals surface area contributed by atoms with Crippen LogP contribution in [0.2, 0.25) is 0 Å². The predicted molar refractivity (Wildman–Crippen MR) is 106 cm³/mol. The van der Waals surface area contributed by atoms with Gasteiger partial charge in [0.05, 0.1) is 6.10 Å². The number of aliphatic hydroxyl groups excluding tert-OH is 1. The third-order valence-corrected chi connectivity index (χ3v) is 5.17. The zero-order valence-electron chi connectivity index (χ0n) is 15.6. The molecule has 3 N–H and O–H groups in total. The SMILES string of the molecule is O[C@H]1CC[C@H](Nc2nc(Nc3cccc4ccccc34)ncc2C(F)(F)F)CC1. The lowest BCUT2D eigenvalue weighted by molar-refractivity contribution is -0.137. The van der Waals surface area contributed by atoms with E-state index >= 15 is 0 Å². The van der Waals surface area contributed by atoms with E-state index in [9.17, 15) is 18.3 Å². The Labute approximate surface area is 166 Å². The van der Waals surface area contributed by atoms with Crippen LogP contribution in [0.4, 0.5) is 30.6 Å². The molecule has 0 saturated heterocycles. The third kappa shape index (κ3) is 4.42. The Morgan fingerprint density at radius 3 is 2.45 bits per heavy atom. The zero-order valence-corrected chi connectivity index (χ0v) is 15.6. The molecule has 0 atom stereocenters. The summed E-state index contributed by atoms with van der Waals surface area (Å²) in [5.41, 5.74) is -0.179. The number of alkyl halides is 3. The maximum atomic E-state index is 13.5. The quantitative estimate of drug-likeness (QED) is 0.566. The number of benzene rings is 2. The second-order valence-electron chi connectivity index (χ2n) is 7.26. The van der Waals surface area contributed by atoms with Crippen LogP contribution in [0, 0.1) is 0 Å². The van der Waals surface area contributed by atoms with E-state index in [1.54, 1.807) is 0 Å². The number of hydrogen-bond donors (Lipinski definition) is 3. The molecule has 152 valence electrons. The standard InChI is InChI=1S/C21H21F3N4O/c22-21(23,24)17-12-25-20(28-19(17)26-14-8-10-15(29)11-9-14)27-18-7-3-5-13-4-1-2-6-16(13)18/h1-7,12,14-15,29H,8-11H2,(H2,25,26,27,28)/t14-,15-. The van der Waals surface area contributed by atoms with Gasteiger partial charge < -0.3 is 15.7 Å². The summed E-state index contributed by atoms with van der Waals surface area (Å²) in [5, 5.41) is 17.5. The van der Waals surface area contributed by atoms with Crippen molar-refractivity contribution < 1.29 is 18.3 Å². The van der Waals surface area contributed by atoms with Gasteiger partial charge in [0.1, 0.15) is 11.4 Å². The maximum absolute atomic E-state index is 13.5. The van der Waals surface area contributed by atoms with E-state index in [4.69, 9.17) is 0 Å². The van der Waals surface area contributed by atoms with Crippen molar-refractivity contribution in [2.75, 3.05) is 10.6 Å². The summed E-state index contributed by atoms with van der Waals surface area (Å²) in [5.74, 6) is -0.149. The van der Waals surface area contributed by atoms with Crippen LogP contribution in [0.1, 0.15) is 31.2 Å². The lowest BCUT2D eigenvalue weighted by atomic mass is 9.93. The molecule has 0 aliphatic heterocycles. The maximum Gasteiger partial charge on any atom is 0.421 e. The van der Waals surface area contributed by atoms with Crippen LogP contribution >= 0.6 is 0 Å². The van der Waals surface area contributed by atoms with Gasteiger partial charge in [0.25, 0.3) is 0 Å². The Morgan fingerprint density at radius 1 is 0.966 bits per heavy atom. The summed E-state index contributed by atoms with van der Waals surface area (Å²) in [7, 11) is 0. The molecule has 2 aromatic carbocycles. The molecule has 1 saturated carbocycles. The molecule has 29 heavy (non-hydrogen) atoms. The van der Waals surface area contributed by atoms with E-state index in [1.807, 2.05) is 42.5 Å². The van der Waals surface area contributed by atoms with Gasteiger partial charge in [-0.15, -0.1) is 0 Å². The van der Waals surface area contributed by atoms with Gasteiger partial charge in [0.2, 0.25) is 5.95 Å². The highest BCUT2D eigenvalue weighted by Crippen LogP contribution is 2.35. The fraction of sp³-hybridized carbons (Fsp3) is 0.333. The molecule has 8 heteroatoms. The number of hydrogen-bond acceptors (Lipinski definition) is 5. The highest BCUT2D eigenvalue weighted by atomic mass is 19.4. The van der Waals surface area contributed by atoms with Gasteiger partial charge in [0, 0.05) is 23.3 Å². The van der Waals surface area contributed by atoms with Gasteiger partial charge in [-0.2, -0.15) is 18.2 Å². The topological polar surface area (TPSA) is 70.1 Å². The largest absolute Gasteiger partial charge is 0.421 e. The first-order chi connectivity index (χ1) is 13.9. The Hall–Kier alpha value is -2.87. The number of nitrogens with zero attached hydrogens (tertiary/aromatic N) is 2. The number of rotatable bonds is 4. The van der Waals surface area contributed by atoms with Gasteiger partial charge in [-0.05, 0) is 37.1 Å². The van der Waals surface area contributed by atoms with Crippen molar-refractivity contribution in [3.63, 3.8) is 0 Å². The molecule has 3 aromatic rings. The first kappa shape index (κ1) is 19.4. The van der Waals surface area contributed by atoms with Crippen LogP contribution in [0.25, 0.3) is 10.8 Å². The first-order valence-corrected chi connectivity index (χ1v) is 9.54. The fourth-order valence-electron chi connectivity index (χ4n) is 3.63. The van der Waals surface area contributed by atoms with Crippen molar-refractivity contribution in [2.24, 2.45) is 0 Å². The second kappa shape index (κ2) is 7.87. The van der Waals surface area contributed by atoms with Crippen molar-refractivity contribution in [3.8, 4) is 0 Å². The third-order valence-electron chi connectivity index (χ3n) is 5.17. The van der Waals surface area contributed by atoms with Crippen LogP contribution in [-0.4, -0.2) is 27.2 Å². The molecule has 5 nitrogen and oxygen atoms in total. The van der Waals surface area contributed by atoms with Crippen molar-refractivity contribution in [3.05, 3.63) is 54.2 Å². The Morgan fingerprint density at radius 2 is 1.69 bits per heavy atom. The van der Waals surface area contributed by atoms with Gasteiger partial charge in [-0.25, -0.2) is 4.98 Å². The molecule has 1 heterocycles. The molecule has 4 rings (SSSR count). The van der Waals surface area contributed by atoms with Crippen LogP contribution < -0.4 is 10.6 Å². The van der Waals surface area contributed by atoms with Crippen LogP contribution in [0.3, 0.4) is 0 Å². The lowest BCUT2D eigenvalue weighted by Crippen LogP contribution is -2.29. The monoisotopic (exact) mass is 402 g/mol. The van der Waals surface area contributed by atoms with Crippen LogP contribution in [0.5, 0.6) is 0 Å². The molecule has 0 radical (unpaired) electrons. The molecular weight excluding hydrogens is 381 g/mol. The van der Waals surface area contributed by atoms with Crippen molar-refractivity contribution in [2.45, 2.75) is 44.0 Å². The molecule has 1 aliphatic rings. The average Bonchev–Trinajstić information content (AvgIpc) is 2.69. The van der Waals surface area contributed by atoms with E-state index in [0.717, 1.165) is 22.7 Å². The van der Waals surface area contributed by atoms with Gasteiger partial charge >= 0.3 is 6.18 Å². The molecule has 1 aliphatic carbocycles. The minimum atomic E-state index is -4.56. The van der Waals surface area contributed by atoms with Crippen molar-refractivity contribution >= 4 is 28.2 Å². The summed E-state index contributed by atoms with van der Waals surface area (Å²) in [6, 6.07) is 13.2. The normalized spacial score (nSPS) is 19.9. The molecule has 0 spiro atoms. The van der Waals surface area contributed by atoms with E-state index in [1.165, 1.54) is 0 Å². The summed E-state index contributed by atoms with van der Waals surface area (Å²) in [6.07, 6.45) is -1.83. The van der Waals surface area contributed by atoms with E-state index in [-0.39, 0.29) is 23.9 Å². The summed E-state index contributed by atoms with van der Waals surface area (Å²) < 4.78 is 40.4. The number of halogens is 3. The predicted octanol–water partition coefficient (Wildman–Crippen LogP) is 5.11. The Balaban J connectivity index is 1.64. The summed E-state index contributed by atoms with van der Waals surface area (Å²) in [6.45, 7) is 0. The van der Waals surface area contributed by atoms with Gasteiger partial charge in [-0.1, -0.05) is 36.4 Å². The summed E-state index contributed by atoms with van der Waals surface area (Å²) >= 11 is 0. The van der Waals surface area contributed by atoms with E-state index < -0.39 is 11.7 Å². The van der Waals surface area contributed by atoms with E-state index in [2.05, 4.69) is 20.6 Å². The first-order valence-electron chi connectivity index (χ1n) is 9.54. The van der Waals surface area contributed by atoms with Gasteiger partial charge in [-0.3, -0.25) is 0 Å². The Kier molecular flexibility index (Phi) is 5.27. The second-order valence-corrected chi connectivity index (χ2v) is 7.26. The molecule has 1 aromatic heterocycles. The van der Waals surface area contributed by atoms with Crippen molar-refractivity contribution in [1.29, 1.82) is 0 Å². The smallest absolute Gasteiger partial charge is 0.393 e. The molecule has 0 amide bonds. The number of nitrogens with one attached hydrogen (secondary N) is 2. The zero-order chi connectivity index (χ0) is 20.4. The summed E-state index contributed by atoms with van der Waals surface area (Å²) in [4.78, 5) is 8.03. The van der Waals surface area contributed by atoms with Crippen molar-refractivity contribution in [1.82, 2.24) is 9.97 Å². The number of aliphatic hydroxyl groups is 1. The highest BCUT2D eigenvalue weighted by Gasteiger charge is 2.36. The average molecular weight is 402 g/mol. The van der Waals surface area contributed by atoms with E-state index in [0.29, 0.717) is 25.7 Å².